The number of aliphatic imine (C=N–C) groups is 1. The largest absolute Gasteiger partial charge is 0.416 e. The van der Waals surface area contributed by atoms with E-state index in [-0.39, 0.29) is 30.1 Å². The van der Waals surface area contributed by atoms with Gasteiger partial charge in [-0.3, -0.25) is 0 Å². The Bertz CT molecular complexity index is 863. The van der Waals surface area contributed by atoms with Crippen molar-refractivity contribution in [3.05, 3.63) is 47.0 Å². The molecule has 1 N–H and O–H groups in total. The van der Waals surface area contributed by atoms with E-state index in [4.69, 9.17) is 4.74 Å². The van der Waals surface area contributed by atoms with Crippen molar-refractivity contribution in [2.75, 3.05) is 20.2 Å². The number of rotatable bonds is 6. The van der Waals surface area contributed by atoms with Crippen LogP contribution < -0.4 is 5.32 Å². The van der Waals surface area contributed by atoms with Gasteiger partial charge in [-0.05, 0) is 37.5 Å². The first-order valence-electron chi connectivity index (χ1n) is 9.86. The van der Waals surface area contributed by atoms with Crippen LogP contribution in [0.3, 0.4) is 0 Å². The predicted molar refractivity (Wildman–Crippen MR) is 122 cm³/mol. The maximum Gasteiger partial charge on any atom is 0.416 e. The topological polar surface area (TPSA) is 67.6 Å². The van der Waals surface area contributed by atoms with Crippen LogP contribution in [-0.4, -0.2) is 51.9 Å². The maximum absolute atomic E-state index is 12.8. The summed E-state index contributed by atoms with van der Waals surface area (Å²) in [5.41, 5.74) is 0.101. The average molecular weight is 552 g/mol. The quantitative estimate of drug-likeness (QED) is 0.338. The minimum atomic E-state index is -4.34. The lowest BCUT2D eigenvalue weighted by Crippen LogP contribution is -2.42. The fourth-order valence-electron chi connectivity index (χ4n) is 3.20. The first-order chi connectivity index (χ1) is 14.2. The van der Waals surface area contributed by atoms with Crippen LogP contribution in [0.25, 0.3) is 0 Å². The predicted octanol–water partition coefficient (Wildman–Crippen LogP) is 3.52. The molecule has 1 fully saturated rings. The minimum Gasteiger partial charge on any atom is -0.376 e. The third-order valence-electron chi connectivity index (χ3n) is 5.13. The molecule has 0 bridgehead atoms. The van der Waals surface area contributed by atoms with E-state index in [1.807, 2.05) is 30.5 Å². The number of benzene rings is 1. The van der Waals surface area contributed by atoms with Crippen LogP contribution in [0.1, 0.15) is 35.6 Å². The summed E-state index contributed by atoms with van der Waals surface area (Å²) in [5, 5.41) is 11.5. The zero-order valence-corrected chi connectivity index (χ0v) is 20.1. The lowest BCUT2D eigenvalue weighted by Gasteiger charge is -2.24. The van der Waals surface area contributed by atoms with Crippen LogP contribution in [0.4, 0.5) is 13.2 Å². The van der Waals surface area contributed by atoms with Gasteiger partial charge in [0.15, 0.2) is 11.8 Å². The number of aryl methyl sites for hydroxylation is 1. The fraction of sp³-hybridized carbons (Fsp3) is 0.550. The van der Waals surface area contributed by atoms with Crippen molar-refractivity contribution < 1.29 is 17.9 Å². The highest BCUT2D eigenvalue weighted by Gasteiger charge is 2.30. The number of nitrogens with one attached hydrogen (secondary N) is 1. The lowest BCUT2D eigenvalue weighted by molar-refractivity contribution is -0.137. The molecule has 3 rings (SSSR count). The average Bonchev–Trinajstić information content (AvgIpc) is 3.32. The van der Waals surface area contributed by atoms with Crippen LogP contribution in [0.5, 0.6) is 0 Å². The molecule has 1 aliphatic rings. The van der Waals surface area contributed by atoms with Gasteiger partial charge >= 0.3 is 6.18 Å². The van der Waals surface area contributed by atoms with Gasteiger partial charge in [-0.1, -0.05) is 12.1 Å². The third kappa shape index (κ3) is 7.06. The molecule has 1 aromatic carbocycles. The Hall–Kier alpha value is -1.89. The van der Waals surface area contributed by atoms with Gasteiger partial charge in [0, 0.05) is 33.8 Å². The van der Waals surface area contributed by atoms with E-state index < -0.39 is 11.7 Å². The minimum absolute atomic E-state index is 0. The monoisotopic (exact) mass is 552 g/mol. The van der Waals surface area contributed by atoms with E-state index in [0.29, 0.717) is 25.6 Å². The fourth-order valence-corrected chi connectivity index (χ4v) is 3.20. The molecular formula is C20H28F3IN6O. The summed E-state index contributed by atoms with van der Waals surface area (Å²) >= 11 is 0. The zero-order chi connectivity index (χ0) is 21.7. The highest BCUT2D eigenvalue weighted by Crippen LogP contribution is 2.29. The molecule has 7 nitrogen and oxygen atoms in total. The summed E-state index contributed by atoms with van der Waals surface area (Å²) in [7, 11) is 3.73. The highest BCUT2D eigenvalue weighted by molar-refractivity contribution is 14.0. The van der Waals surface area contributed by atoms with E-state index in [9.17, 15) is 13.2 Å². The Labute approximate surface area is 197 Å². The number of aromatic nitrogens is 3. The lowest BCUT2D eigenvalue weighted by atomic mass is 10.1. The number of hydrogen-bond donors (Lipinski definition) is 1. The summed E-state index contributed by atoms with van der Waals surface area (Å²) < 4.78 is 45.9. The van der Waals surface area contributed by atoms with Gasteiger partial charge in [-0.2, -0.15) is 13.2 Å². The standard InChI is InChI=1S/C20H27F3N6O.HI/c1-14-26-27-18(29(14)3)12-25-19(24-11-17-5-4-10-30-17)28(2)13-15-6-8-16(9-7-15)20(21,22)23;/h6-9,17H,4-5,10-13H2,1-3H3,(H,24,25);1H. The van der Waals surface area contributed by atoms with Gasteiger partial charge in [-0.15, -0.1) is 34.2 Å². The van der Waals surface area contributed by atoms with Crippen molar-refractivity contribution in [2.45, 2.75) is 45.1 Å². The van der Waals surface area contributed by atoms with E-state index in [0.717, 1.165) is 48.8 Å². The van der Waals surface area contributed by atoms with E-state index >= 15 is 0 Å². The number of hydrogen-bond acceptors (Lipinski definition) is 4. The molecule has 0 saturated carbocycles. The Kier molecular flexibility index (Phi) is 9.10. The van der Waals surface area contributed by atoms with Crippen molar-refractivity contribution in [3.8, 4) is 0 Å². The smallest absolute Gasteiger partial charge is 0.376 e. The Balaban J connectivity index is 0.00000341. The SMILES string of the molecule is Cc1nnc(CN=C(NCC2CCCO2)N(C)Cc2ccc(C(F)(F)F)cc2)n1C.I. The molecule has 2 heterocycles. The summed E-state index contributed by atoms with van der Waals surface area (Å²) in [6.45, 7) is 4.00. The van der Waals surface area contributed by atoms with Crippen molar-refractivity contribution in [2.24, 2.45) is 12.0 Å². The second-order valence-electron chi connectivity index (χ2n) is 7.43. The molecule has 0 radical (unpaired) electrons. The number of halogens is 4. The zero-order valence-electron chi connectivity index (χ0n) is 17.8. The van der Waals surface area contributed by atoms with Crippen molar-refractivity contribution in [1.29, 1.82) is 0 Å². The Morgan fingerprint density at radius 2 is 2.00 bits per heavy atom. The normalized spacial score (nSPS) is 16.8. The molecule has 1 atom stereocenters. The highest BCUT2D eigenvalue weighted by atomic mass is 127. The molecule has 1 aromatic heterocycles. The van der Waals surface area contributed by atoms with Gasteiger partial charge in [-0.25, -0.2) is 4.99 Å². The number of guanidine groups is 1. The summed E-state index contributed by atoms with van der Waals surface area (Å²) in [5.74, 6) is 2.16. The van der Waals surface area contributed by atoms with E-state index in [1.54, 1.807) is 0 Å². The van der Waals surface area contributed by atoms with Gasteiger partial charge in [0.05, 0.1) is 11.7 Å². The number of nitrogens with zero attached hydrogens (tertiary/aromatic N) is 5. The maximum atomic E-state index is 12.8. The molecular weight excluding hydrogens is 524 g/mol. The number of ether oxygens (including phenoxy) is 1. The second kappa shape index (κ2) is 11.1. The summed E-state index contributed by atoms with van der Waals surface area (Å²) in [4.78, 5) is 6.53. The molecule has 2 aromatic rings. The van der Waals surface area contributed by atoms with Crippen LogP contribution in [0.15, 0.2) is 29.3 Å². The van der Waals surface area contributed by atoms with Crippen LogP contribution in [-0.2, 0) is 31.1 Å². The van der Waals surface area contributed by atoms with Crippen LogP contribution >= 0.6 is 24.0 Å². The first-order valence-corrected chi connectivity index (χ1v) is 9.86. The molecule has 172 valence electrons. The molecule has 0 amide bonds. The third-order valence-corrected chi connectivity index (χ3v) is 5.13. The molecule has 0 spiro atoms. The molecule has 31 heavy (non-hydrogen) atoms. The molecule has 1 aliphatic heterocycles. The van der Waals surface area contributed by atoms with Gasteiger partial charge in [0.2, 0.25) is 0 Å². The van der Waals surface area contributed by atoms with Gasteiger partial charge < -0.3 is 19.5 Å². The van der Waals surface area contributed by atoms with E-state index in [1.165, 1.54) is 12.1 Å². The van der Waals surface area contributed by atoms with Crippen molar-refractivity contribution >= 4 is 29.9 Å². The molecule has 1 saturated heterocycles. The van der Waals surface area contributed by atoms with Crippen molar-refractivity contribution in [3.63, 3.8) is 0 Å². The van der Waals surface area contributed by atoms with E-state index in [2.05, 4.69) is 20.5 Å². The second-order valence-corrected chi connectivity index (χ2v) is 7.43. The molecule has 1 unspecified atom stereocenters. The van der Waals surface area contributed by atoms with Gasteiger partial charge in [0.25, 0.3) is 0 Å². The molecule has 0 aliphatic carbocycles. The molecule has 11 heteroatoms. The Morgan fingerprint density at radius 1 is 1.29 bits per heavy atom. The number of alkyl halides is 3. The van der Waals surface area contributed by atoms with Crippen molar-refractivity contribution in [1.82, 2.24) is 25.0 Å². The van der Waals surface area contributed by atoms with Crippen LogP contribution in [0, 0.1) is 6.92 Å². The van der Waals surface area contributed by atoms with Gasteiger partial charge in [0.1, 0.15) is 12.4 Å². The summed E-state index contributed by atoms with van der Waals surface area (Å²) in [6, 6.07) is 5.18. The summed E-state index contributed by atoms with van der Waals surface area (Å²) in [6.07, 6.45) is -2.18. The van der Waals surface area contributed by atoms with Crippen LogP contribution in [0.2, 0.25) is 0 Å². The Morgan fingerprint density at radius 3 is 2.55 bits per heavy atom. The first kappa shape index (κ1) is 25.4.